The van der Waals surface area contributed by atoms with Gasteiger partial charge in [0.25, 0.3) is 0 Å². The van der Waals surface area contributed by atoms with Crippen LogP contribution in [0.1, 0.15) is 27.7 Å². The van der Waals surface area contributed by atoms with Crippen molar-refractivity contribution in [2.24, 2.45) is 17.6 Å². The SMILES string of the molecule is CC(=O)OCC1OC(CNC(N)=S)C(OC(C)=O)C(C)C1C. The molecule has 0 radical (unpaired) electrons. The van der Waals surface area contributed by atoms with Gasteiger partial charge in [0.05, 0.1) is 6.10 Å². The third-order valence-corrected chi connectivity index (χ3v) is 4.02. The van der Waals surface area contributed by atoms with E-state index in [0.29, 0.717) is 6.54 Å². The Morgan fingerprint density at radius 2 is 1.82 bits per heavy atom. The van der Waals surface area contributed by atoms with Gasteiger partial charge in [-0.3, -0.25) is 9.59 Å². The minimum absolute atomic E-state index is 0.0383. The Bertz CT molecular complexity index is 429. The average Bonchev–Trinajstić information content (AvgIpc) is 2.41. The molecule has 1 aliphatic heterocycles. The van der Waals surface area contributed by atoms with Crippen LogP contribution >= 0.6 is 12.2 Å². The first-order valence-corrected chi connectivity index (χ1v) is 7.62. The fourth-order valence-electron chi connectivity index (χ4n) is 2.53. The van der Waals surface area contributed by atoms with Crippen molar-refractivity contribution in [3.8, 4) is 0 Å². The van der Waals surface area contributed by atoms with Gasteiger partial charge in [-0.2, -0.15) is 0 Å². The molecule has 0 aromatic heterocycles. The molecule has 0 saturated carbocycles. The monoisotopic (exact) mass is 332 g/mol. The molecule has 0 bridgehead atoms. The second kappa shape index (κ2) is 8.28. The quantitative estimate of drug-likeness (QED) is 0.550. The highest BCUT2D eigenvalue weighted by Crippen LogP contribution is 2.32. The van der Waals surface area contributed by atoms with E-state index in [4.69, 9.17) is 32.2 Å². The van der Waals surface area contributed by atoms with Crippen molar-refractivity contribution < 1.29 is 23.8 Å². The lowest BCUT2D eigenvalue weighted by molar-refractivity contribution is -0.201. The van der Waals surface area contributed by atoms with Gasteiger partial charge >= 0.3 is 11.9 Å². The number of nitrogens with two attached hydrogens (primary N) is 1. The van der Waals surface area contributed by atoms with E-state index in [0.717, 1.165) is 0 Å². The van der Waals surface area contributed by atoms with Crippen LogP contribution in [-0.2, 0) is 23.8 Å². The number of hydrogen-bond acceptors (Lipinski definition) is 6. The van der Waals surface area contributed by atoms with Crippen LogP contribution in [0.25, 0.3) is 0 Å². The van der Waals surface area contributed by atoms with E-state index >= 15 is 0 Å². The number of hydrogen-bond donors (Lipinski definition) is 2. The highest BCUT2D eigenvalue weighted by atomic mass is 32.1. The topological polar surface area (TPSA) is 99.9 Å². The van der Waals surface area contributed by atoms with Crippen LogP contribution in [0, 0.1) is 11.8 Å². The summed E-state index contributed by atoms with van der Waals surface area (Å²) >= 11 is 4.79. The smallest absolute Gasteiger partial charge is 0.303 e. The minimum atomic E-state index is -0.419. The van der Waals surface area contributed by atoms with Gasteiger partial charge in [0, 0.05) is 26.3 Å². The number of carbonyl (C=O) groups is 2. The van der Waals surface area contributed by atoms with Gasteiger partial charge in [-0.1, -0.05) is 13.8 Å². The van der Waals surface area contributed by atoms with Crippen molar-refractivity contribution in [2.75, 3.05) is 13.2 Å². The van der Waals surface area contributed by atoms with E-state index in [1.807, 2.05) is 13.8 Å². The summed E-state index contributed by atoms with van der Waals surface area (Å²) in [5.41, 5.74) is 5.44. The van der Waals surface area contributed by atoms with E-state index in [1.165, 1.54) is 13.8 Å². The number of carbonyl (C=O) groups excluding carboxylic acids is 2. The van der Waals surface area contributed by atoms with Crippen LogP contribution in [0.3, 0.4) is 0 Å². The molecule has 1 saturated heterocycles. The zero-order valence-electron chi connectivity index (χ0n) is 13.3. The van der Waals surface area contributed by atoms with E-state index < -0.39 is 12.2 Å². The molecule has 0 aromatic carbocycles. The molecule has 0 aliphatic carbocycles. The third-order valence-electron chi connectivity index (χ3n) is 3.88. The molecule has 1 heterocycles. The largest absolute Gasteiger partial charge is 0.463 e. The first kappa shape index (κ1) is 18.6. The molecule has 0 aromatic rings. The third kappa shape index (κ3) is 5.42. The van der Waals surface area contributed by atoms with Crippen molar-refractivity contribution >= 4 is 29.3 Å². The molecule has 5 unspecified atom stereocenters. The Kier molecular flexibility index (Phi) is 7.02. The fourth-order valence-corrected chi connectivity index (χ4v) is 2.62. The minimum Gasteiger partial charge on any atom is -0.463 e. The summed E-state index contributed by atoms with van der Waals surface area (Å²) in [6, 6.07) is 0. The summed E-state index contributed by atoms with van der Waals surface area (Å²) in [5.74, 6) is -0.629. The summed E-state index contributed by atoms with van der Waals surface area (Å²) in [4.78, 5) is 22.3. The van der Waals surface area contributed by atoms with E-state index in [9.17, 15) is 9.59 Å². The number of nitrogens with one attached hydrogen (secondary N) is 1. The van der Waals surface area contributed by atoms with Crippen LogP contribution in [-0.4, -0.2) is 48.5 Å². The molecule has 8 heteroatoms. The van der Waals surface area contributed by atoms with Gasteiger partial charge in [0.15, 0.2) is 5.11 Å². The molecule has 7 nitrogen and oxygen atoms in total. The second-order valence-electron chi connectivity index (χ2n) is 5.55. The molecular formula is C14H24N2O5S. The number of esters is 2. The van der Waals surface area contributed by atoms with Crippen molar-refractivity contribution in [3.05, 3.63) is 0 Å². The molecule has 5 atom stereocenters. The lowest BCUT2D eigenvalue weighted by atomic mass is 9.81. The summed E-state index contributed by atoms with van der Waals surface area (Å²) in [7, 11) is 0. The summed E-state index contributed by atoms with van der Waals surface area (Å²) in [6.07, 6.45) is -1.11. The predicted molar refractivity (Wildman–Crippen MR) is 84.0 cm³/mol. The second-order valence-corrected chi connectivity index (χ2v) is 5.99. The molecule has 1 fully saturated rings. The van der Waals surface area contributed by atoms with Crippen LogP contribution in [0.5, 0.6) is 0 Å². The highest BCUT2D eigenvalue weighted by molar-refractivity contribution is 7.80. The van der Waals surface area contributed by atoms with Crippen molar-refractivity contribution in [2.45, 2.75) is 46.0 Å². The normalized spacial score (nSPS) is 31.2. The lowest BCUT2D eigenvalue weighted by Gasteiger charge is -2.44. The van der Waals surface area contributed by atoms with Crippen LogP contribution < -0.4 is 11.1 Å². The fraction of sp³-hybridized carbons (Fsp3) is 0.786. The van der Waals surface area contributed by atoms with Gasteiger partial charge in [-0.25, -0.2) is 0 Å². The summed E-state index contributed by atoms with van der Waals surface area (Å²) < 4.78 is 16.4. The van der Waals surface area contributed by atoms with Crippen LogP contribution in [0.15, 0.2) is 0 Å². The van der Waals surface area contributed by atoms with E-state index in [-0.39, 0.29) is 41.6 Å². The Balaban J connectivity index is 2.81. The van der Waals surface area contributed by atoms with Gasteiger partial charge in [-0.15, -0.1) is 0 Å². The van der Waals surface area contributed by atoms with Crippen molar-refractivity contribution in [3.63, 3.8) is 0 Å². The maximum Gasteiger partial charge on any atom is 0.303 e. The Hall–Kier alpha value is -1.41. The number of rotatable bonds is 5. The average molecular weight is 332 g/mol. The highest BCUT2D eigenvalue weighted by Gasteiger charge is 2.43. The van der Waals surface area contributed by atoms with Gasteiger partial charge < -0.3 is 25.3 Å². The van der Waals surface area contributed by atoms with Crippen molar-refractivity contribution in [1.82, 2.24) is 5.32 Å². The molecule has 22 heavy (non-hydrogen) atoms. The molecule has 126 valence electrons. The predicted octanol–water partition coefficient (Wildman–Crippen LogP) is 0.354. The van der Waals surface area contributed by atoms with E-state index in [2.05, 4.69) is 5.32 Å². The molecule has 0 spiro atoms. The maximum absolute atomic E-state index is 11.3. The zero-order valence-corrected chi connectivity index (χ0v) is 14.1. The number of thiocarbonyl (C=S) groups is 1. The van der Waals surface area contributed by atoms with Gasteiger partial charge in [0.1, 0.15) is 18.8 Å². The first-order valence-electron chi connectivity index (χ1n) is 7.21. The van der Waals surface area contributed by atoms with Crippen molar-refractivity contribution in [1.29, 1.82) is 0 Å². The van der Waals surface area contributed by atoms with Crippen LogP contribution in [0.4, 0.5) is 0 Å². The molecule has 1 rings (SSSR count). The zero-order chi connectivity index (χ0) is 16.9. The molecule has 1 aliphatic rings. The summed E-state index contributed by atoms with van der Waals surface area (Å²) in [6.45, 7) is 7.16. The van der Waals surface area contributed by atoms with Crippen LogP contribution in [0.2, 0.25) is 0 Å². The van der Waals surface area contributed by atoms with Gasteiger partial charge in [0.2, 0.25) is 0 Å². The Morgan fingerprint density at radius 1 is 1.18 bits per heavy atom. The molecular weight excluding hydrogens is 308 g/mol. The Labute approximate surface area is 135 Å². The molecule has 3 N–H and O–H groups in total. The Morgan fingerprint density at radius 3 is 2.32 bits per heavy atom. The first-order chi connectivity index (χ1) is 10.2. The lowest BCUT2D eigenvalue weighted by Crippen LogP contribution is -2.56. The molecule has 0 amide bonds. The number of ether oxygens (including phenoxy) is 3. The van der Waals surface area contributed by atoms with Gasteiger partial charge in [-0.05, 0) is 18.1 Å². The maximum atomic E-state index is 11.3. The summed E-state index contributed by atoms with van der Waals surface area (Å²) in [5, 5.41) is 2.97. The van der Waals surface area contributed by atoms with E-state index in [1.54, 1.807) is 0 Å². The standard InChI is InChI=1S/C14H24N2O5S/c1-7-8(2)13(20-10(4)18)11(5-16-14(15)22)21-12(7)6-19-9(3)17/h7-8,11-13H,5-6H2,1-4H3,(H3,15,16,22).